The van der Waals surface area contributed by atoms with Crippen molar-refractivity contribution >= 4 is 11.6 Å². The van der Waals surface area contributed by atoms with Crippen LogP contribution in [0.2, 0.25) is 0 Å². The van der Waals surface area contributed by atoms with Gasteiger partial charge in [-0.2, -0.15) is 0 Å². The lowest BCUT2D eigenvalue weighted by Gasteiger charge is -2.12. The molecule has 1 aromatic carbocycles. The van der Waals surface area contributed by atoms with Gasteiger partial charge in [0.25, 0.3) is 0 Å². The molecule has 0 aliphatic carbocycles. The Balaban J connectivity index is 2.58. The van der Waals surface area contributed by atoms with Crippen LogP contribution in [0.25, 0.3) is 0 Å². The van der Waals surface area contributed by atoms with Crippen molar-refractivity contribution in [2.45, 2.75) is 33.2 Å². The molecule has 94 valence electrons. The molecule has 0 aromatic heterocycles. The first-order valence-corrected chi connectivity index (χ1v) is 5.82. The first kappa shape index (κ1) is 13.6. The molecule has 17 heavy (non-hydrogen) atoms. The van der Waals surface area contributed by atoms with E-state index in [1.807, 2.05) is 20.8 Å². The number of carbonyl (C=O) groups excluding carboxylic acids is 1. The van der Waals surface area contributed by atoms with Crippen LogP contribution in [0.15, 0.2) is 18.2 Å². The van der Waals surface area contributed by atoms with Crippen molar-refractivity contribution in [1.29, 1.82) is 0 Å². The number of halogens is 1. The molecule has 1 amide bonds. The van der Waals surface area contributed by atoms with Crippen LogP contribution < -0.4 is 10.6 Å². The number of anilines is 1. The molecule has 0 aliphatic heterocycles. The highest BCUT2D eigenvalue weighted by Crippen LogP contribution is 2.15. The number of benzene rings is 1. The topological polar surface area (TPSA) is 41.1 Å². The summed E-state index contributed by atoms with van der Waals surface area (Å²) < 4.78 is 13.4. The van der Waals surface area contributed by atoms with E-state index >= 15 is 0 Å². The molecule has 0 spiro atoms. The van der Waals surface area contributed by atoms with Crippen molar-refractivity contribution in [3.05, 3.63) is 29.6 Å². The maximum atomic E-state index is 13.4. The molecule has 0 saturated heterocycles. The monoisotopic (exact) mass is 238 g/mol. The van der Waals surface area contributed by atoms with Crippen LogP contribution in [0.5, 0.6) is 0 Å². The second-order valence-electron chi connectivity index (χ2n) is 4.19. The highest BCUT2D eigenvalue weighted by atomic mass is 19.1. The van der Waals surface area contributed by atoms with E-state index in [1.165, 1.54) is 6.07 Å². The van der Waals surface area contributed by atoms with Gasteiger partial charge in [-0.3, -0.25) is 4.79 Å². The Morgan fingerprint density at radius 1 is 1.47 bits per heavy atom. The van der Waals surface area contributed by atoms with Crippen molar-refractivity contribution in [3.8, 4) is 0 Å². The standard InChI is InChI=1S/C13H19FN2O/c1-4-15-10(3)8-13(17)16-12-7-9(2)5-6-11(12)14/h5-7,10,15H,4,8H2,1-3H3,(H,16,17). The predicted molar refractivity (Wildman–Crippen MR) is 67.5 cm³/mol. The van der Waals surface area contributed by atoms with Crippen LogP contribution in [-0.4, -0.2) is 18.5 Å². The minimum Gasteiger partial charge on any atom is -0.324 e. The second-order valence-corrected chi connectivity index (χ2v) is 4.19. The van der Waals surface area contributed by atoms with Crippen LogP contribution in [0, 0.1) is 12.7 Å². The average molecular weight is 238 g/mol. The maximum Gasteiger partial charge on any atom is 0.226 e. The van der Waals surface area contributed by atoms with Gasteiger partial charge in [-0.25, -0.2) is 4.39 Å². The summed E-state index contributed by atoms with van der Waals surface area (Å²) in [5, 5.41) is 5.72. The van der Waals surface area contributed by atoms with Gasteiger partial charge in [0.15, 0.2) is 0 Å². The molecule has 0 aliphatic rings. The first-order chi connectivity index (χ1) is 8.02. The summed E-state index contributed by atoms with van der Waals surface area (Å²) in [6.45, 7) is 6.58. The number of nitrogens with one attached hydrogen (secondary N) is 2. The maximum absolute atomic E-state index is 13.4. The zero-order chi connectivity index (χ0) is 12.8. The molecule has 0 saturated carbocycles. The summed E-state index contributed by atoms with van der Waals surface area (Å²) in [5.41, 5.74) is 1.17. The van der Waals surface area contributed by atoms with E-state index in [1.54, 1.807) is 12.1 Å². The van der Waals surface area contributed by atoms with E-state index in [2.05, 4.69) is 10.6 Å². The summed E-state index contributed by atoms with van der Waals surface area (Å²) in [6, 6.07) is 4.75. The van der Waals surface area contributed by atoms with E-state index in [0.29, 0.717) is 6.42 Å². The van der Waals surface area contributed by atoms with Crippen molar-refractivity contribution in [2.24, 2.45) is 0 Å². The molecule has 1 rings (SSSR count). The molecular weight excluding hydrogens is 219 g/mol. The van der Waals surface area contributed by atoms with Gasteiger partial charge >= 0.3 is 0 Å². The fraction of sp³-hybridized carbons (Fsp3) is 0.462. The fourth-order valence-electron chi connectivity index (χ4n) is 1.63. The Morgan fingerprint density at radius 2 is 2.18 bits per heavy atom. The minimum atomic E-state index is -0.403. The third kappa shape index (κ3) is 4.53. The molecule has 0 fully saturated rings. The van der Waals surface area contributed by atoms with E-state index in [9.17, 15) is 9.18 Å². The molecule has 1 atom stereocenters. The first-order valence-electron chi connectivity index (χ1n) is 5.82. The Labute approximate surface area is 101 Å². The molecule has 1 unspecified atom stereocenters. The van der Waals surface area contributed by atoms with E-state index in [0.717, 1.165) is 12.1 Å². The molecular formula is C13H19FN2O. The highest BCUT2D eigenvalue weighted by Gasteiger charge is 2.10. The van der Waals surface area contributed by atoms with Gasteiger partial charge in [-0.1, -0.05) is 13.0 Å². The minimum absolute atomic E-state index is 0.0906. The zero-order valence-corrected chi connectivity index (χ0v) is 10.5. The fourth-order valence-corrected chi connectivity index (χ4v) is 1.63. The van der Waals surface area contributed by atoms with Crippen LogP contribution in [-0.2, 0) is 4.79 Å². The van der Waals surface area contributed by atoms with Crippen LogP contribution >= 0.6 is 0 Å². The summed E-state index contributed by atoms with van der Waals surface area (Å²) in [5.74, 6) is -0.581. The predicted octanol–water partition coefficient (Wildman–Crippen LogP) is 2.46. The lowest BCUT2D eigenvalue weighted by molar-refractivity contribution is -0.116. The smallest absolute Gasteiger partial charge is 0.226 e. The van der Waals surface area contributed by atoms with Gasteiger partial charge in [0.05, 0.1) is 5.69 Å². The molecule has 3 nitrogen and oxygen atoms in total. The van der Waals surface area contributed by atoms with Crippen molar-refractivity contribution < 1.29 is 9.18 Å². The number of amides is 1. The Bertz CT molecular complexity index is 393. The Hall–Kier alpha value is -1.42. The SMILES string of the molecule is CCNC(C)CC(=O)Nc1cc(C)ccc1F. The normalized spacial score (nSPS) is 12.2. The van der Waals surface area contributed by atoms with Crippen molar-refractivity contribution in [1.82, 2.24) is 5.32 Å². The quantitative estimate of drug-likeness (QED) is 0.827. The lowest BCUT2D eigenvalue weighted by Crippen LogP contribution is -2.30. The summed E-state index contributed by atoms with van der Waals surface area (Å²) >= 11 is 0. The molecule has 0 radical (unpaired) electrons. The molecule has 2 N–H and O–H groups in total. The Morgan fingerprint density at radius 3 is 2.82 bits per heavy atom. The van der Waals surface area contributed by atoms with Gasteiger partial charge in [0.2, 0.25) is 5.91 Å². The van der Waals surface area contributed by atoms with Gasteiger partial charge in [-0.15, -0.1) is 0 Å². The molecule has 0 heterocycles. The van der Waals surface area contributed by atoms with Crippen LogP contribution in [0.3, 0.4) is 0 Å². The molecule has 1 aromatic rings. The van der Waals surface area contributed by atoms with E-state index in [-0.39, 0.29) is 17.6 Å². The number of rotatable bonds is 5. The van der Waals surface area contributed by atoms with Crippen molar-refractivity contribution in [2.75, 3.05) is 11.9 Å². The third-order valence-electron chi connectivity index (χ3n) is 2.44. The number of aryl methyl sites for hydroxylation is 1. The summed E-state index contributed by atoms with van der Waals surface area (Å²) in [4.78, 5) is 11.6. The Kier molecular flexibility index (Phi) is 5.10. The lowest BCUT2D eigenvalue weighted by atomic mass is 10.2. The van der Waals surface area contributed by atoms with Gasteiger partial charge in [0.1, 0.15) is 5.82 Å². The third-order valence-corrected chi connectivity index (χ3v) is 2.44. The van der Waals surface area contributed by atoms with Gasteiger partial charge in [-0.05, 0) is 38.1 Å². The largest absolute Gasteiger partial charge is 0.324 e. The summed E-state index contributed by atoms with van der Waals surface area (Å²) in [6.07, 6.45) is 0.335. The number of carbonyl (C=O) groups is 1. The molecule has 0 bridgehead atoms. The zero-order valence-electron chi connectivity index (χ0n) is 10.5. The summed E-state index contributed by atoms with van der Waals surface area (Å²) in [7, 11) is 0. The van der Waals surface area contributed by atoms with Crippen molar-refractivity contribution in [3.63, 3.8) is 0 Å². The number of hydrogen-bond acceptors (Lipinski definition) is 2. The van der Waals surface area contributed by atoms with E-state index < -0.39 is 5.82 Å². The van der Waals surface area contributed by atoms with Gasteiger partial charge in [0, 0.05) is 12.5 Å². The number of hydrogen-bond donors (Lipinski definition) is 2. The van der Waals surface area contributed by atoms with Gasteiger partial charge < -0.3 is 10.6 Å². The average Bonchev–Trinajstić information content (AvgIpc) is 2.23. The second kappa shape index (κ2) is 6.35. The molecule has 4 heteroatoms. The van der Waals surface area contributed by atoms with Crippen LogP contribution in [0.1, 0.15) is 25.8 Å². The van der Waals surface area contributed by atoms with Crippen LogP contribution in [0.4, 0.5) is 10.1 Å². The highest BCUT2D eigenvalue weighted by molar-refractivity contribution is 5.91. The van der Waals surface area contributed by atoms with E-state index in [4.69, 9.17) is 0 Å².